The van der Waals surface area contributed by atoms with Crippen LogP contribution in [0.2, 0.25) is 0 Å². The van der Waals surface area contributed by atoms with E-state index in [1.807, 2.05) is 37.4 Å². The van der Waals surface area contributed by atoms with Gasteiger partial charge < -0.3 is 13.9 Å². The molecule has 0 bridgehead atoms. The number of carbonyl (C=O) groups is 1. The van der Waals surface area contributed by atoms with Crippen molar-refractivity contribution >= 4 is 27.4 Å². The van der Waals surface area contributed by atoms with E-state index in [1.54, 1.807) is 0 Å². The molecule has 0 unspecified atom stereocenters. The van der Waals surface area contributed by atoms with Gasteiger partial charge in [-0.15, -0.1) is 11.3 Å². The maximum Gasteiger partial charge on any atom is 0.308 e. The van der Waals surface area contributed by atoms with Gasteiger partial charge in [-0.2, -0.15) is 0 Å². The van der Waals surface area contributed by atoms with Crippen LogP contribution >= 0.6 is 11.3 Å². The number of hydrogen-bond acceptors (Lipinski definition) is 6. The number of esters is 1. The molecule has 0 amide bonds. The van der Waals surface area contributed by atoms with E-state index in [1.165, 1.54) is 18.3 Å². The summed E-state index contributed by atoms with van der Waals surface area (Å²) in [5.41, 5.74) is 0.796. The second-order valence-electron chi connectivity index (χ2n) is 4.88. The maximum absolute atomic E-state index is 11.1. The first-order chi connectivity index (χ1) is 10.5. The lowest BCUT2D eigenvalue weighted by Gasteiger charge is -2.05. The third-order valence-electron chi connectivity index (χ3n) is 3.14. The maximum atomic E-state index is 11.1. The van der Waals surface area contributed by atoms with Gasteiger partial charge in [-0.1, -0.05) is 0 Å². The van der Waals surface area contributed by atoms with Crippen LogP contribution in [0.1, 0.15) is 24.3 Å². The van der Waals surface area contributed by atoms with Crippen molar-refractivity contribution in [3.8, 4) is 11.5 Å². The molecule has 3 rings (SSSR count). The molecule has 22 heavy (non-hydrogen) atoms. The quantitative estimate of drug-likeness (QED) is 0.680. The molecule has 0 N–H and O–H groups in total. The van der Waals surface area contributed by atoms with Crippen LogP contribution in [0.15, 0.2) is 28.0 Å². The van der Waals surface area contributed by atoms with E-state index in [0.717, 1.165) is 27.3 Å². The molecule has 0 spiro atoms. The van der Waals surface area contributed by atoms with E-state index < -0.39 is 0 Å². The summed E-state index contributed by atoms with van der Waals surface area (Å²) in [6.07, 6.45) is 0. The van der Waals surface area contributed by atoms with Crippen molar-refractivity contribution in [1.82, 2.24) is 4.98 Å². The van der Waals surface area contributed by atoms with Gasteiger partial charge in [0.1, 0.15) is 29.6 Å². The number of thiophene rings is 1. The Bertz CT molecular complexity index is 834. The van der Waals surface area contributed by atoms with E-state index in [0.29, 0.717) is 18.2 Å². The van der Waals surface area contributed by atoms with Crippen LogP contribution in [-0.2, 0) is 11.4 Å². The molecule has 0 aliphatic rings. The zero-order valence-electron chi connectivity index (χ0n) is 12.5. The lowest BCUT2D eigenvalue weighted by atomic mass is 10.2. The fourth-order valence-corrected chi connectivity index (χ4v) is 3.05. The van der Waals surface area contributed by atoms with Crippen LogP contribution < -0.4 is 9.47 Å². The van der Waals surface area contributed by atoms with Gasteiger partial charge in [-0.3, -0.25) is 4.79 Å². The lowest BCUT2D eigenvalue weighted by Crippen LogP contribution is -2.00. The molecule has 0 aliphatic heterocycles. The summed E-state index contributed by atoms with van der Waals surface area (Å²) >= 11 is 1.51. The SMILES string of the molecule is CC(=O)Oc1csc2cc(OCc3nc(C)oc3C)ccc12. The molecule has 0 saturated heterocycles. The number of ether oxygens (including phenoxy) is 2. The number of nitrogens with zero attached hydrogens (tertiary/aromatic N) is 1. The zero-order valence-corrected chi connectivity index (χ0v) is 13.3. The summed E-state index contributed by atoms with van der Waals surface area (Å²) in [6.45, 7) is 5.43. The number of rotatable bonds is 4. The normalized spacial score (nSPS) is 10.9. The minimum atomic E-state index is -0.322. The monoisotopic (exact) mass is 317 g/mol. The fourth-order valence-electron chi connectivity index (χ4n) is 2.17. The number of aryl methyl sites for hydroxylation is 2. The van der Waals surface area contributed by atoms with E-state index in [9.17, 15) is 4.79 Å². The number of benzene rings is 1. The van der Waals surface area contributed by atoms with Crippen molar-refractivity contribution in [3.63, 3.8) is 0 Å². The first-order valence-corrected chi connectivity index (χ1v) is 7.66. The van der Waals surface area contributed by atoms with Crippen molar-refractivity contribution in [1.29, 1.82) is 0 Å². The van der Waals surface area contributed by atoms with Crippen LogP contribution in [0.4, 0.5) is 0 Å². The topological polar surface area (TPSA) is 61.6 Å². The predicted molar refractivity (Wildman–Crippen MR) is 83.4 cm³/mol. The highest BCUT2D eigenvalue weighted by molar-refractivity contribution is 7.17. The molecule has 5 nitrogen and oxygen atoms in total. The molecular formula is C16H15NO4S. The van der Waals surface area contributed by atoms with Gasteiger partial charge in [0.15, 0.2) is 5.89 Å². The Balaban J connectivity index is 1.78. The van der Waals surface area contributed by atoms with Crippen LogP contribution in [0.3, 0.4) is 0 Å². The molecular weight excluding hydrogens is 302 g/mol. The molecule has 0 saturated carbocycles. The summed E-state index contributed by atoms with van der Waals surface area (Å²) in [5, 5.41) is 2.72. The summed E-state index contributed by atoms with van der Waals surface area (Å²) in [7, 11) is 0. The van der Waals surface area contributed by atoms with Gasteiger partial charge >= 0.3 is 5.97 Å². The third kappa shape index (κ3) is 2.96. The Kier molecular flexibility index (Phi) is 3.85. The third-order valence-corrected chi connectivity index (χ3v) is 4.06. The second kappa shape index (κ2) is 5.81. The standard InChI is InChI=1S/C16H15NO4S/c1-9-14(17-10(2)20-9)7-19-12-4-5-13-15(21-11(3)18)8-22-16(13)6-12/h4-6,8H,7H2,1-3H3. The van der Waals surface area contributed by atoms with Gasteiger partial charge in [0.2, 0.25) is 0 Å². The first-order valence-electron chi connectivity index (χ1n) is 6.78. The summed E-state index contributed by atoms with van der Waals surface area (Å²) in [5.74, 6) is 2.41. The molecule has 6 heteroatoms. The predicted octanol–water partition coefficient (Wildman–Crippen LogP) is 4.01. The lowest BCUT2D eigenvalue weighted by molar-refractivity contribution is -0.131. The van der Waals surface area contributed by atoms with E-state index in [2.05, 4.69) is 4.98 Å². The zero-order chi connectivity index (χ0) is 15.7. The highest BCUT2D eigenvalue weighted by Crippen LogP contribution is 2.34. The number of carbonyl (C=O) groups excluding carboxylic acids is 1. The summed E-state index contributed by atoms with van der Waals surface area (Å²) < 4.78 is 17.3. The Morgan fingerprint density at radius 1 is 1.36 bits per heavy atom. The van der Waals surface area contributed by atoms with Crippen LogP contribution in [0, 0.1) is 13.8 Å². The number of fused-ring (bicyclic) bond motifs is 1. The molecule has 1 aromatic carbocycles. The molecule has 114 valence electrons. The molecule has 0 fully saturated rings. The van der Waals surface area contributed by atoms with Gasteiger partial charge in [0, 0.05) is 29.3 Å². The molecule has 2 heterocycles. The average Bonchev–Trinajstić information content (AvgIpc) is 2.99. The molecule has 3 aromatic rings. The molecule has 0 aliphatic carbocycles. The van der Waals surface area contributed by atoms with Gasteiger partial charge in [0.05, 0.1) is 0 Å². The fraction of sp³-hybridized carbons (Fsp3) is 0.250. The summed E-state index contributed by atoms with van der Waals surface area (Å²) in [6, 6.07) is 5.67. The Hall–Kier alpha value is -2.34. The van der Waals surface area contributed by atoms with E-state index >= 15 is 0 Å². The molecule has 0 atom stereocenters. The average molecular weight is 317 g/mol. The van der Waals surface area contributed by atoms with Gasteiger partial charge in [-0.05, 0) is 25.1 Å². The molecule has 0 radical (unpaired) electrons. The second-order valence-corrected chi connectivity index (χ2v) is 5.79. The van der Waals surface area contributed by atoms with E-state index in [-0.39, 0.29) is 5.97 Å². The van der Waals surface area contributed by atoms with Crippen molar-refractivity contribution < 1.29 is 18.7 Å². The number of hydrogen-bond donors (Lipinski definition) is 0. The minimum Gasteiger partial charge on any atom is -0.487 e. The number of oxazole rings is 1. The highest BCUT2D eigenvalue weighted by Gasteiger charge is 2.10. The minimum absolute atomic E-state index is 0.322. The number of aromatic nitrogens is 1. The Morgan fingerprint density at radius 2 is 2.18 bits per heavy atom. The van der Waals surface area contributed by atoms with Crippen LogP contribution in [0.5, 0.6) is 11.5 Å². The van der Waals surface area contributed by atoms with Crippen molar-refractivity contribution in [3.05, 3.63) is 40.9 Å². The van der Waals surface area contributed by atoms with Crippen molar-refractivity contribution in [2.75, 3.05) is 0 Å². The van der Waals surface area contributed by atoms with E-state index in [4.69, 9.17) is 13.9 Å². The Morgan fingerprint density at radius 3 is 2.86 bits per heavy atom. The van der Waals surface area contributed by atoms with Crippen LogP contribution in [-0.4, -0.2) is 11.0 Å². The summed E-state index contributed by atoms with van der Waals surface area (Å²) in [4.78, 5) is 15.3. The van der Waals surface area contributed by atoms with Gasteiger partial charge in [-0.25, -0.2) is 4.98 Å². The first kappa shape index (κ1) is 14.6. The van der Waals surface area contributed by atoms with Crippen LogP contribution in [0.25, 0.3) is 10.1 Å². The van der Waals surface area contributed by atoms with Crippen molar-refractivity contribution in [2.45, 2.75) is 27.4 Å². The van der Waals surface area contributed by atoms with Crippen molar-refractivity contribution in [2.24, 2.45) is 0 Å². The molecule has 2 aromatic heterocycles. The highest BCUT2D eigenvalue weighted by atomic mass is 32.1. The largest absolute Gasteiger partial charge is 0.487 e. The smallest absolute Gasteiger partial charge is 0.308 e. The van der Waals surface area contributed by atoms with Gasteiger partial charge in [0.25, 0.3) is 0 Å². The Labute approximate surface area is 131 Å².